The van der Waals surface area contributed by atoms with E-state index in [2.05, 4.69) is 58.8 Å². The number of aromatic nitrogens is 2. The van der Waals surface area contributed by atoms with Gasteiger partial charge in [0.05, 0.1) is 5.69 Å². The number of nitrogens with zero attached hydrogens (tertiary/aromatic N) is 4. The van der Waals surface area contributed by atoms with E-state index in [9.17, 15) is 0 Å². The second kappa shape index (κ2) is 7.20. The van der Waals surface area contributed by atoms with Crippen LogP contribution in [0.2, 0.25) is 0 Å². The second-order valence-electron chi connectivity index (χ2n) is 7.75. The van der Waals surface area contributed by atoms with Crippen LogP contribution in [-0.2, 0) is 13.6 Å². The average molecular weight is 338 g/mol. The first kappa shape index (κ1) is 16.6. The molecule has 0 aliphatic carbocycles. The Morgan fingerprint density at radius 2 is 1.88 bits per heavy atom. The molecule has 134 valence electrons. The normalized spacial score (nSPS) is 21.8. The lowest BCUT2D eigenvalue weighted by Crippen LogP contribution is -2.35. The molecule has 4 nitrogen and oxygen atoms in total. The topological polar surface area (TPSA) is 24.3 Å². The molecule has 1 atom stereocenters. The zero-order valence-corrected chi connectivity index (χ0v) is 15.6. The molecule has 0 bridgehead atoms. The summed E-state index contributed by atoms with van der Waals surface area (Å²) in [5, 5.41) is 0. The number of para-hydroxylation sites is 1. The predicted molar refractivity (Wildman–Crippen MR) is 103 cm³/mol. The molecule has 25 heavy (non-hydrogen) atoms. The molecule has 4 heteroatoms. The van der Waals surface area contributed by atoms with Crippen molar-refractivity contribution in [2.45, 2.75) is 45.1 Å². The summed E-state index contributed by atoms with van der Waals surface area (Å²) in [4.78, 5) is 9.98. The highest BCUT2D eigenvalue weighted by Crippen LogP contribution is 2.30. The Bertz CT molecular complexity index is 714. The Morgan fingerprint density at radius 3 is 2.64 bits per heavy atom. The smallest absolute Gasteiger partial charge is 0.113 e. The van der Waals surface area contributed by atoms with Crippen LogP contribution in [-0.4, -0.2) is 40.6 Å². The number of rotatable bonds is 4. The molecule has 1 aromatic carbocycles. The number of imidazole rings is 1. The van der Waals surface area contributed by atoms with E-state index in [4.69, 9.17) is 4.98 Å². The third kappa shape index (κ3) is 3.59. The van der Waals surface area contributed by atoms with Crippen LogP contribution in [0.25, 0.3) is 0 Å². The SMILES string of the molecule is Cc1cn(C)c([C@H]2CCCN(Cc3ccccc3N3CCCC3)C2)n1. The van der Waals surface area contributed by atoms with Gasteiger partial charge in [0.2, 0.25) is 0 Å². The molecule has 0 radical (unpaired) electrons. The fourth-order valence-corrected chi connectivity index (χ4v) is 4.58. The van der Waals surface area contributed by atoms with Crippen molar-refractivity contribution in [2.75, 3.05) is 31.1 Å². The molecule has 0 amide bonds. The van der Waals surface area contributed by atoms with Gasteiger partial charge in [-0.25, -0.2) is 4.98 Å². The quantitative estimate of drug-likeness (QED) is 0.849. The maximum absolute atomic E-state index is 4.78. The Morgan fingerprint density at radius 1 is 1.08 bits per heavy atom. The minimum atomic E-state index is 0.561. The van der Waals surface area contributed by atoms with Gasteiger partial charge in [-0.2, -0.15) is 0 Å². The minimum absolute atomic E-state index is 0.561. The van der Waals surface area contributed by atoms with Crippen LogP contribution >= 0.6 is 0 Å². The number of benzene rings is 1. The van der Waals surface area contributed by atoms with E-state index in [0.717, 1.165) is 18.8 Å². The van der Waals surface area contributed by atoms with E-state index in [1.807, 2.05) is 0 Å². The molecule has 0 spiro atoms. The third-order valence-electron chi connectivity index (χ3n) is 5.74. The summed E-state index contributed by atoms with van der Waals surface area (Å²) in [6.45, 7) is 7.91. The van der Waals surface area contributed by atoms with Crippen molar-refractivity contribution in [1.29, 1.82) is 0 Å². The van der Waals surface area contributed by atoms with Crippen molar-refractivity contribution >= 4 is 5.69 Å². The van der Waals surface area contributed by atoms with E-state index in [0.29, 0.717) is 5.92 Å². The lowest BCUT2D eigenvalue weighted by molar-refractivity contribution is 0.195. The van der Waals surface area contributed by atoms with E-state index < -0.39 is 0 Å². The average Bonchev–Trinajstić information content (AvgIpc) is 3.25. The van der Waals surface area contributed by atoms with Crippen molar-refractivity contribution in [3.63, 3.8) is 0 Å². The highest BCUT2D eigenvalue weighted by Gasteiger charge is 2.25. The standard InChI is InChI=1S/C21H30N4/c1-17-14-23(2)21(22-17)19-9-7-11-24(16-19)15-18-8-3-4-10-20(18)25-12-5-6-13-25/h3-4,8,10,14,19H,5-7,9,11-13,15-16H2,1-2H3/t19-/m0/s1. The molecule has 2 aliphatic heterocycles. The Balaban J connectivity index is 1.49. The number of anilines is 1. The van der Waals surface area contributed by atoms with Crippen molar-refractivity contribution in [1.82, 2.24) is 14.5 Å². The van der Waals surface area contributed by atoms with E-state index in [1.54, 1.807) is 0 Å². The number of piperidine rings is 1. The van der Waals surface area contributed by atoms with Gasteiger partial charge >= 0.3 is 0 Å². The number of likely N-dealkylation sites (tertiary alicyclic amines) is 1. The minimum Gasteiger partial charge on any atom is -0.371 e. The van der Waals surface area contributed by atoms with E-state index >= 15 is 0 Å². The summed E-state index contributed by atoms with van der Waals surface area (Å²) in [6, 6.07) is 9.01. The molecule has 2 fully saturated rings. The van der Waals surface area contributed by atoms with Crippen molar-refractivity contribution in [2.24, 2.45) is 7.05 Å². The molecule has 0 saturated carbocycles. The maximum Gasteiger partial charge on any atom is 0.113 e. The maximum atomic E-state index is 4.78. The highest BCUT2D eigenvalue weighted by molar-refractivity contribution is 5.54. The first-order valence-corrected chi connectivity index (χ1v) is 9.76. The molecule has 0 N–H and O–H groups in total. The lowest BCUT2D eigenvalue weighted by atomic mass is 9.96. The molecule has 2 aromatic rings. The van der Waals surface area contributed by atoms with Crippen LogP contribution in [0.4, 0.5) is 5.69 Å². The predicted octanol–water partition coefficient (Wildman–Crippen LogP) is 3.71. The molecule has 0 unspecified atom stereocenters. The van der Waals surface area contributed by atoms with Crippen LogP contribution in [0.1, 0.15) is 48.7 Å². The second-order valence-corrected chi connectivity index (χ2v) is 7.75. The van der Waals surface area contributed by atoms with E-state index in [-0.39, 0.29) is 0 Å². The summed E-state index contributed by atoms with van der Waals surface area (Å²) in [5.41, 5.74) is 4.07. The molecule has 3 heterocycles. The lowest BCUT2D eigenvalue weighted by Gasteiger charge is -2.33. The first-order valence-electron chi connectivity index (χ1n) is 9.76. The summed E-state index contributed by atoms with van der Waals surface area (Å²) >= 11 is 0. The molecular weight excluding hydrogens is 308 g/mol. The number of hydrogen-bond acceptors (Lipinski definition) is 3. The summed E-state index contributed by atoms with van der Waals surface area (Å²) in [5.74, 6) is 1.82. The summed E-state index contributed by atoms with van der Waals surface area (Å²) in [7, 11) is 2.14. The van der Waals surface area contributed by atoms with Crippen molar-refractivity contribution in [3.05, 3.63) is 47.5 Å². The van der Waals surface area contributed by atoms with Crippen molar-refractivity contribution in [3.8, 4) is 0 Å². The Labute approximate surface area is 151 Å². The van der Waals surface area contributed by atoms with Crippen LogP contribution < -0.4 is 4.90 Å². The number of hydrogen-bond donors (Lipinski definition) is 0. The number of aryl methyl sites for hydroxylation is 2. The molecule has 2 saturated heterocycles. The van der Waals surface area contributed by atoms with Crippen LogP contribution in [0.3, 0.4) is 0 Å². The Hall–Kier alpha value is -1.81. The zero-order valence-electron chi connectivity index (χ0n) is 15.6. The largest absolute Gasteiger partial charge is 0.371 e. The van der Waals surface area contributed by atoms with Crippen molar-refractivity contribution < 1.29 is 0 Å². The van der Waals surface area contributed by atoms with Gasteiger partial charge in [0.25, 0.3) is 0 Å². The van der Waals surface area contributed by atoms with Gasteiger partial charge < -0.3 is 9.47 Å². The van der Waals surface area contributed by atoms with Crippen LogP contribution in [0, 0.1) is 6.92 Å². The fraction of sp³-hybridized carbons (Fsp3) is 0.571. The Kier molecular flexibility index (Phi) is 4.80. The third-order valence-corrected chi connectivity index (χ3v) is 5.74. The van der Waals surface area contributed by atoms with Gasteiger partial charge in [-0.15, -0.1) is 0 Å². The van der Waals surface area contributed by atoms with Gasteiger partial charge in [0.1, 0.15) is 5.82 Å². The van der Waals surface area contributed by atoms with Gasteiger partial charge in [-0.1, -0.05) is 18.2 Å². The van der Waals surface area contributed by atoms with Crippen LogP contribution in [0.5, 0.6) is 0 Å². The first-order chi connectivity index (χ1) is 12.2. The summed E-state index contributed by atoms with van der Waals surface area (Å²) in [6.07, 6.45) is 7.34. The summed E-state index contributed by atoms with van der Waals surface area (Å²) < 4.78 is 2.22. The monoisotopic (exact) mass is 338 g/mol. The highest BCUT2D eigenvalue weighted by atomic mass is 15.2. The van der Waals surface area contributed by atoms with Gasteiger partial charge in [-0.05, 0) is 50.8 Å². The van der Waals surface area contributed by atoms with Crippen LogP contribution in [0.15, 0.2) is 30.5 Å². The van der Waals surface area contributed by atoms with Gasteiger partial charge in [0, 0.05) is 51.0 Å². The van der Waals surface area contributed by atoms with E-state index in [1.165, 1.54) is 62.4 Å². The molecular formula is C21H30N4. The van der Waals surface area contributed by atoms with Gasteiger partial charge in [-0.3, -0.25) is 4.90 Å². The molecule has 2 aliphatic rings. The zero-order chi connectivity index (χ0) is 17.2. The molecule has 4 rings (SSSR count). The molecule has 1 aromatic heterocycles. The van der Waals surface area contributed by atoms with Gasteiger partial charge in [0.15, 0.2) is 0 Å². The fourth-order valence-electron chi connectivity index (χ4n) is 4.58.